The minimum Gasteiger partial charge on any atom is -0.390 e. The van der Waals surface area contributed by atoms with Crippen LogP contribution in [0.15, 0.2) is 6.33 Å². The summed E-state index contributed by atoms with van der Waals surface area (Å²) in [7, 11) is 0. The van der Waals surface area contributed by atoms with Gasteiger partial charge in [-0.1, -0.05) is 0 Å². The smallest absolute Gasteiger partial charge is 0.0952 e. The summed E-state index contributed by atoms with van der Waals surface area (Å²) in [5.41, 5.74) is 2.60. The Hall–Kier alpha value is -0.910. The molecule has 1 aliphatic carbocycles. The average molecular weight is 264 g/mol. The lowest BCUT2D eigenvalue weighted by atomic mass is 10.0. The number of rotatable bonds is 4. The highest BCUT2D eigenvalue weighted by Crippen LogP contribution is 2.20. The molecule has 0 aromatic carbocycles. The van der Waals surface area contributed by atoms with Crippen molar-refractivity contribution in [3.8, 4) is 0 Å². The fourth-order valence-corrected chi connectivity index (χ4v) is 3.16. The van der Waals surface area contributed by atoms with Crippen molar-refractivity contribution in [2.75, 3.05) is 32.7 Å². The molecule has 1 fully saturated rings. The van der Waals surface area contributed by atoms with E-state index in [2.05, 4.69) is 19.8 Å². The highest BCUT2D eigenvalue weighted by molar-refractivity contribution is 5.16. The Morgan fingerprint density at radius 2 is 2.00 bits per heavy atom. The molecule has 3 rings (SSSR count). The van der Waals surface area contributed by atoms with Gasteiger partial charge in [-0.2, -0.15) is 0 Å². The number of nitrogens with zero attached hydrogens (tertiary/aromatic N) is 3. The Bertz CT molecular complexity index is 412. The lowest BCUT2D eigenvalue weighted by molar-refractivity contribution is 0.0910. The molecular weight excluding hydrogens is 240 g/mol. The Morgan fingerprint density at radius 3 is 2.84 bits per heavy atom. The van der Waals surface area contributed by atoms with E-state index < -0.39 is 0 Å². The van der Waals surface area contributed by atoms with E-state index in [1.807, 2.05) is 6.33 Å². The molecular formula is C14H24N4O. The topological polar surface area (TPSA) is 53.3 Å². The van der Waals surface area contributed by atoms with Crippen LogP contribution in [0.25, 0.3) is 0 Å². The lowest BCUT2D eigenvalue weighted by Crippen LogP contribution is -2.46. The summed E-state index contributed by atoms with van der Waals surface area (Å²) < 4.78 is 2.17. The van der Waals surface area contributed by atoms with Gasteiger partial charge in [0.05, 0.1) is 24.7 Å². The highest BCUT2D eigenvalue weighted by Gasteiger charge is 2.19. The maximum Gasteiger partial charge on any atom is 0.0952 e. The number of imidazole rings is 1. The normalized spacial score (nSPS) is 22.2. The minimum atomic E-state index is -0.293. The fourth-order valence-electron chi connectivity index (χ4n) is 3.16. The molecule has 5 heteroatoms. The minimum absolute atomic E-state index is 0.293. The summed E-state index contributed by atoms with van der Waals surface area (Å²) in [4.78, 5) is 6.82. The molecule has 1 aromatic rings. The Balaban J connectivity index is 1.56. The van der Waals surface area contributed by atoms with Crippen LogP contribution in [-0.4, -0.2) is 58.4 Å². The number of piperazine rings is 1. The van der Waals surface area contributed by atoms with Gasteiger partial charge >= 0.3 is 0 Å². The average Bonchev–Trinajstić information content (AvgIpc) is 2.83. The summed E-state index contributed by atoms with van der Waals surface area (Å²) in [6, 6.07) is 0. The molecule has 2 N–H and O–H groups in total. The highest BCUT2D eigenvalue weighted by atomic mass is 16.3. The molecule has 1 atom stereocenters. The molecule has 19 heavy (non-hydrogen) atoms. The first kappa shape index (κ1) is 13.1. The Kier molecular flexibility index (Phi) is 4.15. The van der Waals surface area contributed by atoms with Gasteiger partial charge < -0.3 is 15.0 Å². The summed E-state index contributed by atoms with van der Waals surface area (Å²) in [6.45, 7) is 5.61. The molecule has 0 radical (unpaired) electrons. The van der Waals surface area contributed by atoms with Gasteiger partial charge in [0, 0.05) is 38.4 Å². The van der Waals surface area contributed by atoms with E-state index in [0.29, 0.717) is 6.54 Å². The molecule has 0 spiro atoms. The summed E-state index contributed by atoms with van der Waals surface area (Å²) in [6.07, 6.45) is 6.36. The van der Waals surface area contributed by atoms with Crippen molar-refractivity contribution in [2.24, 2.45) is 0 Å². The number of nitrogens with one attached hydrogen (secondary N) is 1. The number of aliphatic hydroxyl groups excluding tert-OH is 1. The molecule has 0 bridgehead atoms. The van der Waals surface area contributed by atoms with Crippen molar-refractivity contribution >= 4 is 0 Å². The maximum atomic E-state index is 10.3. The number of β-amino-alcohol motifs (C(OH)–C–C–N with tert-alkyl or cyclic N) is 1. The Morgan fingerprint density at radius 1 is 1.21 bits per heavy atom. The molecule has 1 aromatic heterocycles. The SMILES string of the molecule is OC(CN1CCNCC1)Cn1cnc2c1CCCC2. The van der Waals surface area contributed by atoms with Crippen LogP contribution in [0.3, 0.4) is 0 Å². The number of hydrogen-bond donors (Lipinski definition) is 2. The van der Waals surface area contributed by atoms with Crippen molar-refractivity contribution in [1.29, 1.82) is 0 Å². The monoisotopic (exact) mass is 264 g/mol. The first-order chi connectivity index (χ1) is 9.33. The van der Waals surface area contributed by atoms with Gasteiger partial charge in [0.1, 0.15) is 0 Å². The van der Waals surface area contributed by atoms with Gasteiger partial charge in [0.2, 0.25) is 0 Å². The molecule has 0 amide bonds. The second kappa shape index (κ2) is 6.03. The molecule has 0 saturated carbocycles. The molecule has 2 aliphatic rings. The lowest BCUT2D eigenvalue weighted by Gasteiger charge is -2.29. The van der Waals surface area contributed by atoms with Crippen LogP contribution >= 0.6 is 0 Å². The molecule has 1 saturated heterocycles. The van der Waals surface area contributed by atoms with E-state index in [-0.39, 0.29) is 6.10 Å². The zero-order valence-corrected chi connectivity index (χ0v) is 11.5. The van der Waals surface area contributed by atoms with Crippen molar-refractivity contribution < 1.29 is 5.11 Å². The van der Waals surface area contributed by atoms with Gasteiger partial charge in [-0.15, -0.1) is 0 Å². The second-order valence-electron chi connectivity index (χ2n) is 5.70. The van der Waals surface area contributed by atoms with Crippen molar-refractivity contribution in [1.82, 2.24) is 19.8 Å². The van der Waals surface area contributed by atoms with Crippen LogP contribution in [0.2, 0.25) is 0 Å². The number of hydrogen-bond acceptors (Lipinski definition) is 4. The van der Waals surface area contributed by atoms with Crippen molar-refractivity contribution in [3.63, 3.8) is 0 Å². The van der Waals surface area contributed by atoms with E-state index in [1.54, 1.807) is 0 Å². The second-order valence-corrected chi connectivity index (χ2v) is 5.70. The largest absolute Gasteiger partial charge is 0.390 e. The molecule has 1 aliphatic heterocycles. The molecule has 106 valence electrons. The number of aliphatic hydroxyl groups is 1. The first-order valence-corrected chi connectivity index (χ1v) is 7.47. The Labute approximate surface area is 114 Å². The molecule has 5 nitrogen and oxygen atoms in total. The van der Waals surface area contributed by atoms with Crippen molar-refractivity contribution in [3.05, 3.63) is 17.7 Å². The third kappa shape index (κ3) is 3.16. The summed E-state index contributed by atoms with van der Waals surface area (Å²) >= 11 is 0. The van der Waals surface area contributed by atoms with Crippen LogP contribution < -0.4 is 5.32 Å². The molecule has 1 unspecified atom stereocenters. The predicted octanol–water partition coefficient (Wildman–Crippen LogP) is 0.0280. The third-order valence-corrected chi connectivity index (χ3v) is 4.20. The third-order valence-electron chi connectivity index (χ3n) is 4.20. The zero-order chi connectivity index (χ0) is 13.1. The maximum absolute atomic E-state index is 10.3. The fraction of sp³-hybridized carbons (Fsp3) is 0.786. The standard InChI is InChI=1S/C14H24N4O/c19-12(9-17-7-5-15-6-8-17)10-18-11-16-13-3-1-2-4-14(13)18/h11-12,15,19H,1-10H2. The first-order valence-electron chi connectivity index (χ1n) is 7.47. The van der Waals surface area contributed by atoms with Crippen LogP contribution in [0.1, 0.15) is 24.2 Å². The van der Waals surface area contributed by atoms with E-state index >= 15 is 0 Å². The predicted molar refractivity (Wildman–Crippen MR) is 74.2 cm³/mol. The van der Waals surface area contributed by atoms with E-state index in [1.165, 1.54) is 24.2 Å². The van der Waals surface area contributed by atoms with Gasteiger partial charge in [0.25, 0.3) is 0 Å². The van der Waals surface area contributed by atoms with E-state index in [4.69, 9.17) is 0 Å². The van der Waals surface area contributed by atoms with Crippen LogP contribution in [0, 0.1) is 0 Å². The molecule has 2 heterocycles. The number of aromatic nitrogens is 2. The van der Waals surface area contributed by atoms with Gasteiger partial charge in [-0.25, -0.2) is 4.98 Å². The van der Waals surface area contributed by atoms with Gasteiger partial charge in [-0.05, 0) is 25.7 Å². The van der Waals surface area contributed by atoms with Gasteiger partial charge in [-0.3, -0.25) is 4.90 Å². The van der Waals surface area contributed by atoms with Crippen LogP contribution in [0.5, 0.6) is 0 Å². The van der Waals surface area contributed by atoms with Crippen LogP contribution in [-0.2, 0) is 19.4 Å². The van der Waals surface area contributed by atoms with E-state index in [0.717, 1.165) is 45.6 Å². The van der Waals surface area contributed by atoms with E-state index in [9.17, 15) is 5.11 Å². The summed E-state index contributed by atoms with van der Waals surface area (Å²) in [5.74, 6) is 0. The van der Waals surface area contributed by atoms with Gasteiger partial charge in [0.15, 0.2) is 0 Å². The number of aryl methyl sites for hydroxylation is 1. The summed E-state index contributed by atoms with van der Waals surface area (Å²) in [5, 5.41) is 13.6. The van der Waals surface area contributed by atoms with Crippen molar-refractivity contribution in [2.45, 2.75) is 38.3 Å². The quantitative estimate of drug-likeness (QED) is 0.805. The van der Waals surface area contributed by atoms with Crippen LogP contribution in [0.4, 0.5) is 0 Å². The zero-order valence-electron chi connectivity index (χ0n) is 11.5. The number of fused-ring (bicyclic) bond motifs is 1.